The van der Waals surface area contributed by atoms with Gasteiger partial charge in [0.25, 0.3) is 0 Å². The van der Waals surface area contributed by atoms with E-state index in [1.165, 1.54) is 0 Å². The van der Waals surface area contributed by atoms with E-state index in [0.29, 0.717) is 24.4 Å². The summed E-state index contributed by atoms with van der Waals surface area (Å²) in [5, 5.41) is 4.66. The Morgan fingerprint density at radius 1 is 1.20 bits per heavy atom. The minimum absolute atomic E-state index is 0.186. The predicted molar refractivity (Wildman–Crippen MR) is 100 cm³/mol. The monoisotopic (exact) mass is 415 g/mol. The highest BCUT2D eigenvalue weighted by molar-refractivity contribution is 5.61. The lowest BCUT2D eigenvalue weighted by Crippen LogP contribution is -2.37. The second-order valence-corrected chi connectivity index (χ2v) is 6.86. The summed E-state index contributed by atoms with van der Waals surface area (Å²) < 4.78 is 45.9. The number of alkyl halides is 3. The molecule has 0 fully saturated rings. The Bertz CT molecular complexity index is 1200. The fourth-order valence-electron chi connectivity index (χ4n) is 3.72. The van der Waals surface area contributed by atoms with Crippen molar-refractivity contribution in [1.29, 1.82) is 0 Å². The van der Waals surface area contributed by atoms with Crippen LogP contribution < -0.4 is 9.64 Å². The molecule has 0 amide bonds. The van der Waals surface area contributed by atoms with Gasteiger partial charge in [-0.3, -0.25) is 0 Å². The number of halogens is 3. The van der Waals surface area contributed by atoms with Gasteiger partial charge in [0.1, 0.15) is 17.3 Å². The molecule has 1 aliphatic rings. The third-order valence-electron chi connectivity index (χ3n) is 5.13. The van der Waals surface area contributed by atoms with E-state index in [4.69, 9.17) is 4.74 Å². The maximum atomic E-state index is 12.9. The summed E-state index contributed by atoms with van der Waals surface area (Å²) in [6, 6.07) is 5.07. The van der Waals surface area contributed by atoms with Crippen LogP contribution in [-0.4, -0.2) is 43.2 Å². The lowest BCUT2D eigenvalue weighted by atomic mass is 10.00. The van der Waals surface area contributed by atoms with Crippen LogP contribution in [0.3, 0.4) is 0 Å². The van der Waals surface area contributed by atoms with Crippen molar-refractivity contribution in [2.45, 2.75) is 18.6 Å². The average molecular weight is 415 g/mol. The minimum Gasteiger partial charge on any atom is -0.494 e. The van der Waals surface area contributed by atoms with Crippen LogP contribution in [0.25, 0.3) is 5.52 Å². The number of pyridine rings is 1. The van der Waals surface area contributed by atoms with Crippen molar-refractivity contribution in [1.82, 2.24) is 29.5 Å². The van der Waals surface area contributed by atoms with Crippen LogP contribution in [0.1, 0.15) is 28.7 Å². The van der Waals surface area contributed by atoms with Crippen LogP contribution in [-0.2, 0) is 12.6 Å². The molecule has 0 saturated heterocycles. The van der Waals surface area contributed by atoms with E-state index in [1.54, 1.807) is 24.1 Å². The summed E-state index contributed by atoms with van der Waals surface area (Å²) in [6.45, 7) is 0.496. The van der Waals surface area contributed by atoms with Gasteiger partial charge < -0.3 is 14.6 Å². The number of anilines is 1. The molecule has 1 aliphatic heterocycles. The number of fused-ring (bicyclic) bond motifs is 2. The van der Waals surface area contributed by atoms with E-state index in [-0.39, 0.29) is 5.95 Å². The summed E-state index contributed by atoms with van der Waals surface area (Å²) in [6.07, 6.45) is 1.14. The number of nitrogens with zero attached hydrogens (tertiary/aromatic N) is 6. The Labute approximate surface area is 168 Å². The molecule has 1 unspecified atom stereocenters. The molecule has 1 N–H and O–H groups in total. The molecule has 0 radical (unpaired) electrons. The van der Waals surface area contributed by atoms with Crippen molar-refractivity contribution in [2.75, 3.05) is 18.6 Å². The van der Waals surface area contributed by atoms with Gasteiger partial charge in [0.15, 0.2) is 0 Å². The highest BCUT2D eigenvalue weighted by Gasteiger charge is 2.36. The molecular formula is C19H16F3N7O. The van der Waals surface area contributed by atoms with Gasteiger partial charge in [-0.15, -0.1) is 0 Å². The zero-order chi connectivity index (χ0) is 20.9. The molecule has 5 heterocycles. The summed E-state index contributed by atoms with van der Waals surface area (Å²) in [5.41, 5.74) is 2.24. The summed E-state index contributed by atoms with van der Waals surface area (Å²) in [5.74, 6) is 0.845. The van der Waals surface area contributed by atoms with Crippen molar-refractivity contribution in [3.63, 3.8) is 0 Å². The number of hydrogen-bond donors (Lipinski definition) is 1. The van der Waals surface area contributed by atoms with Gasteiger partial charge in [-0.2, -0.15) is 18.3 Å². The van der Waals surface area contributed by atoms with E-state index in [2.05, 4.69) is 25.0 Å². The Kier molecular flexibility index (Phi) is 4.12. The van der Waals surface area contributed by atoms with E-state index in [9.17, 15) is 13.2 Å². The molecule has 0 aliphatic carbocycles. The number of nitrogens with one attached hydrogen (secondary N) is 1. The molecule has 8 nitrogen and oxygen atoms in total. The Morgan fingerprint density at radius 2 is 2.00 bits per heavy atom. The number of H-pyrrole nitrogens is 1. The van der Waals surface area contributed by atoms with E-state index in [1.807, 2.05) is 23.1 Å². The molecule has 4 aromatic heterocycles. The van der Waals surface area contributed by atoms with E-state index in [0.717, 1.165) is 29.3 Å². The number of aromatic amines is 1. The highest BCUT2D eigenvalue weighted by Crippen LogP contribution is 2.37. The van der Waals surface area contributed by atoms with Gasteiger partial charge in [0.2, 0.25) is 5.95 Å². The van der Waals surface area contributed by atoms with Gasteiger partial charge in [-0.25, -0.2) is 19.5 Å². The molecule has 0 aromatic carbocycles. The third-order valence-corrected chi connectivity index (χ3v) is 5.13. The van der Waals surface area contributed by atoms with Gasteiger partial charge in [-0.05, 0) is 18.2 Å². The molecule has 5 rings (SSSR count). The van der Waals surface area contributed by atoms with Crippen molar-refractivity contribution in [3.05, 3.63) is 65.8 Å². The van der Waals surface area contributed by atoms with E-state index < -0.39 is 17.8 Å². The second-order valence-electron chi connectivity index (χ2n) is 6.86. The third kappa shape index (κ3) is 2.93. The predicted octanol–water partition coefficient (Wildman–Crippen LogP) is 3.03. The largest absolute Gasteiger partial charge is 0.494 e. The second kappa shape index (κ2) is 6.71. The van der Waals surface area contributed by atoms with Crippen molar-refractivity contribution in [2.24, 2.45) is 0 Å². The SMILES string of the molecule is COc1cccn2nc(C3c4nc[nH]c4CCN3c3ncc(C(F)(F)F)cn3)cc12. The van der Waals surface area contributed by atoms with Crippen molar-refractivity contribution < 1.29 is 17.9 Å². The first kappa shape index (κ1) is 18.4. The molecule has 0 spiro atoms. The number of methoxy groups -OCH3 is 1. The topological polar surface area (TPSA) is 84.2 Å². The summed E-state index contributed by atoms with van der Waals surface area (Å²) in [7, 11) is 1.58. The average Bonchev–Trinajstić information content (AvgIpc) is 3.39. The van der Waals surface area contributed by atoms with Gasteiger partial charge in [0.05, 0.1) is 30.4 Å². The fourth-order valence-corrected chi connectivity index (χ4v) is 3.72. The first-order valence-corrected chi connectivity index (χ1v) is 9.16. The standard InChI is InChI=1S/C19H16F3N7O/c1-30-15-3-2-5-29-14(15)7-13(27-29)17-16-12(25-10-26-16)4-6-28(17)18-23-8-11(9-24-18)19(20,21)22/h2-3,5,7-10,17H,4,6H2,1H3,(H,25,26). The first-order chi connectivity index (χ1) is 14.5. The van der Waals surface area contributed by atoms with E-state index >= 15 is 0 Å². The zero-order valence-electron chi connectivity index (χ0n) is 15.8. The number of hydrogen-bond acceptors (Lipinski definition) is 6. The number of rotatable bonds is 3. The van der Waals surface area contributed by atoms with Crippen LogP contribution >= 0.6 is 0 Å². The molecule has 4 aromatic rings. The van der Waals surface area contributed by atoms with Crippen molar-refractivity contribution in [3.8, 4) is 5.75 Å². The Morgan fingerprint density at radius 3 is 2.73 bits per heavy atom. The highest BCUT2D eigenvalue weighted by atomic mass is 19.4. The van der Waals surface area contributed by atoms with Crippen LogP contribution in [0.4, 0.5) is 19.1 Å². The van der Waals surface area contributed by atoms with Gasteiger partial charge in [-0.1, -0.05) is 0 Å². The quantitative estimate of drug-likeness (QED) is 0.554. The van der Waals surface area contributed by atoms with Crippen LogP contribution in [0, 0.1) is 0 Å². The fraction of sp³-hybridized carbons (Fsp3) is 0.263. The summed E-state index contributed by atoms with van der Waals surface area (Å²) >= 11 is 0. The molecule has 30 heavy (non-hydrogen) atoms. The number of imidazole rings is 1. The maximum absolute atomic E-state index is 12.9. The minimum atomic E-state index is -4.49. The smallest absolute Gasteiger partial charge is 0.419 e. The van der Waals surface area contributed by atoms with Crippen LogP contribution in [0.15, 0.2) is 43.1 Å². The lowest BCUT2D eigenvalue weighted by Gasteiger charge is -2.33. The maximum Gasteiger partial charge on any atom is 0.419 e. The molecule has 11 heteroatoms. The molecule has 0 saturated carbocycles. The molecule has 0 bridgehead atoms. The van der Waals surface area contributed by atoms with Gasteiger partial charge >= 0.3 is 6.18 Å². The normalized spacial score (nSPS) is 16.7. The molecule has 1 atom stereocenters. The van der Waals surface area contributed by atoms with Crippen LogP contribution in [0.5, 0.6) is 5.75 Å². The molecule has 154 valence electrons. The summed E-state index contributed by atoms with van der Waals surface area (Å²) in [4.78, 5) is 17.4. The molecular weight excluding hydrogens is 399 g/mol. The van der Waals surface area contributed by atoms with Gasteiger partial charge in [0, 0.05) is 37.3 Å². The first-order valence-electron chi connectivity index (χ1n) is 9.16. The lowest BCUT2D eigenvalue weighted by molar-refractivity contribution is -0.138. The van der Waals surface area contributed by atoms with Crippen molar-refractivity contribution >= 4 is 11.5 Å². The number of aromatic nitrogens is 6. The zero-order valence-corrected chi connectivity index (χ0v) is 15.8. The van der Waals surface area contributed by atoms with Crippen LogP contribution in [0.2, 0.25) is 0 Å². The Hall–Kier alpha value is -3.63. The Balaban J connectivity index is 1.61. The number of ether oxygens (including phenoxy) is 1.